The first-order valence-corrected chi connectivity index (χ1v) is 8.29. The average molecular weight is 333 g/mol. The monoisotopic (exact) mass is 333 g/mol. The molecule has 2 aliphatic rings. The molecule has 3 rings (SSSR count). The van der Waals surface area contributed by atoms with Crippen LogP contribution < -0.4 is 0 Å². The van der Waals surface area contributed by atoms with E-state index in [2.05, 4.69) is 0 Å². The summed E-state index contributed by atoms with van der Waals surface area (Å²) in [5, 5.41) is 9.29. The molecule has 24 heavy (non-hydrogen) atoms. The smallest absolute Gasteiger partial charge is 0.304 e. The molecule has 0 bridgehead atoms. The standard InChI is InChI=1S/C18H20FNO4/c19-14-9-5-4-8-13(14)18(11-16(22)23)10-15(21)20(17(18)24)12-6-2-1-3-7-12/h4-5,8-9,12H,1-3,6-7,10-11H2,(H,22,23)/t18-/m1/s1. The molecule has 0 aromatic heterocycles. The van der Waals surface area contributed by atoms with Crippen LogP contribution >= 0.6 is 0 Å². The largest absolute Gasteiger partial charge is 0.481 e. The number of nitrogens with zero attached hydrogens (tertiary/aromatic N) is 1. The predicted octanol–water partition coefficient (Wildman–Crippen LogP) is 2.63. The summed E-state index contributed by atoms with van der Waals surface area (Å²) in [5.41, 5.74) is -1.63. The molecule has 1 aromatic carbocycles. The minimum atomic E-state index is -1.63. The molecule has 0 spiro atoms. The molecule has 1 saturated carbocycles. The molecule has 1 N–H and O–H groups in total. The summed E-state index contributed by atoms with van der Waals surface area (Å²) in [7, 11) is 0. The summed E-state index contributed by atoms with van der Waals surface area (Å²) in [6.07, 6.45) is 3.55. The van der Waals surface area contributed by atoms with Gasteiger partial charge in [-0.05, 0) is 18.9 Å². The van der Waals surface area contributed by atoms with Crippen LogP contribution in [-0.2, 0) is 19.8 Å². The van der Waals surface area contributed by atoms with E-state index in [0.717, 1.165) is 32.1 Å². The summed E-state index contributed by atoms with van der Waals surface area (Å²) in [6, 6.07) is 5.45. The average Bonchev–Trinajstić information content (AvgIpc) is 2.79. The third kappa shape index (κ3) is 2.70. The van der Waals surface area contributed by atoms with Gasteiger partial charge in [-0.1, -0.05) is 37.5 Å². The molecule has 1 saturated heterocycles. The Morgan fingerprint density at radius 3 is 2.50 bits per heavy atom. The van der Waals surface area contributed by atoms with E-state index < -0.39 is 35.4 Å². The van der Waals surface area contributed by atoms with Crippen LogP contribution in [0.3, 0.4) is 0 Å². The molecule has 1 heterocycles. The Morgan fingerprint density at radius 2 is 1.88 bits per heavy atom. The lowest BCUT2D eigenvalue weighted by Gasteiger charge is -2.32. The third-order valence-corrected chi connectivity index (χ3v) is 5.13. The van der Waals surface area contributed by atoms with Crippen molar-refractivity contribution in [2.45, 2.75) is 56.4 Å². The van der Waals surface area contributed by atoms with Crippen LogP contribution in [-0.4, -0.2) is 33.8 Å². The summed E-state index contributed by atoms with van der Waals surface area (Å²) in [6.45, 7) is 0. The van der Waals surface area contributed by atoms with Crippen LogP contribution in [0.5, 0.6) is 0 Å². The molecule has 128 valence electrons. The highest BCUT2D eigenvalue weighted by molar-refractivity contribution is 6.10. The topological polar surface area (TPSA) is 74.7 Å². The Balaban J connectivity index is 2.03. The zero-order valence-electron chi connectivity index (χ0n) is 13.3. The number of rotatable bonds is 4. The van der Waals surface area contributed by atoms with Crippen molar-refractivity contribution in [2.75, 3.05) is 0 Å². The molecular weight excluding hydrogens is 313 g/mol. The first-order chi connectivity index (χ1) is 11.5. The van der Waals surface area contributed by atoms with Gasteiger partial charge in [-0.25, -0.2) is 4.39 Å². The maximum Gasteiger partial charge on any atom is 0.304 e. The molecule has 1 atom stereocenters. The second-order valence-electron chi connectivity index (χ2n) is 6.67. The van der Waals surface area contributed by atoms with E-state index in [1.54, 1.807) is 6.07 Å². The number of hydrogen-bond acceptors (Lipinski definition) is 3. The fourth-order valence-electron chi connectivity index (χ4n) is 4.02. The highest BCUT2D eigenvalue weighted by Crippen LogP contribution is 2.43. The van der Waals surface area contributed by atoms with Crippen LogP contribution in [0.25, 0.3) is 0 Å². The van der Waals surface area contributed by atoms with Gasteiger partial charge in [-0.3, -0.25) is 19.3 Å². The van der Waals surface area contributed by atoms with E-state index in [9.17, 15) is 23.9 Å². The van der Waals surface area contributed by atoms with Crippen molar-refractivity contribution in [3.05, 3.63) is 35.6 Å². The number of imide groups is 1. The van der Waals surface area contributed by atoms with Crippen molar-refractivity contribution < 1.29 is 23.9 Å². The van der Waals surface area contributed by atoms with E-state index in [4.69, 9.17) is 0 Å². The van der Waals surface area contributed by atoms with Gasteiger partial charge in [0.05, 0.1) is 11.8 Å². The van der Waals surface area contributed by atoms with E-state index in [1.807, 2.05) is 0 Å². The minimum absolute atomic E-state index is 0.00376. The van der Waals surface area contributed by atoms with E-state index in [-0.39, 0.29) is 18.0 Å². The lowest BCUT2D eigenvalue weighted by Crippen LogP contribution is -2.45. The van der Waals surface area contributed by atoms with E-state index in [0.29, 0.717) is 0 Å². The van der Waals surface area contributed by atoms with Crippen molar-refractivity contribution in [2.24, 2.45) is 0 Å². The lowest BCUT2D eigenvalue weighted by atomic mass is 9.75. The first-order valence-electron chi connectivity index (χ1n) is 8.29. The van der Waals surface area contributed by atoms with Crippen LogP contribution in [0, 0.1) is 5.82 Å². The van der Waals surface area contributed by atoms with Gasteiger partial charge < -0.3 is 5.11 Å². The van der Waals surface area contributed by atoms with Crippen LogP contribution in [0.15, 0.2) is 24.3 Å². The van der Waals surface area contributed by atoms with Gasteiger partial charge in [0.2, 0.25) is 11.8 Å². The lowest BCUT2D eigenvalue weighted by molar-refractivity contribution is -0.147. The highest BCUT2D eigenvalue weighted by atomic mass is 19.1. The molecule has 0 unspecified atom stereocenters. The Labute approximate surface area is 139 Å². The Hall–Kier alpha value is -2.24. The summed E-state index contributed by atoms with van der Waals surface area (Å²) in [4.78, 5) is 38.2. The number of hydrogen-bond donors (Lipinski definition) is 1. The van der Waals surface area contributed by atoms with E-state index >= 15 is 0 Å². The fraction of sp³-hybridized carbons (Fsp3) is 0.500. The molecule has 2 fully saturated rings. The van der Waals surface area contributed by atoms with Crippen molar-refractivity contribution in [1.82, 2.24) is 4.90 Å². The van der Waals surface area contributed by atoms with Gasteiger partial charge in [0.15, 0.2) is 0 Å². The number of benzene rings is 1. The highest BCUT2D eigenvalue weighted by Gasteiger charge is 2.56. The number of carboxylic acid groups (broad SMARTS) is 1. The second-order valence-corrected chi connectivity index (χ2v) is 6.67. The van der Waals surface area contributed by atoms with Crippen molar-refractivity contribution in [3.8, 4) is 0 Å². The number of carboxylic acids is 1. The summed E-state index contributed by atoms with van der Waals surface area (Å²) >= 11 is 0. The number of carbonyl (C=O) groups is 3. The van der Waals surface area contributed by atoms with Gasteiger partial charge in [0.25, 0.3) is 0 Å². The number of aliphatic carboxylic acids is 1. The molecule has 2 amide bonds. The first kappa shape index (κ1) is 16.6. The normalized spacial score (nSPS) is 25.3. The number of carbonyl (C=O) groups excluding carboxylic acids is 2. The molecule has 6 heteroatoms. The van der Waals surface area contributed by atoms with Crippen LogP contribution in [0.4, 0.5) is 4.39 Å². The predicted molar refractivity (Wildman–Crippen MR) is 83.7 cm³/mol. The number of amides is 2. The quantitative estimate of drug-likeness (QED) is 0.860. The zero-order valence-corrected chi connectivity index (χ0v) is 13.3. The second kappa shape index (κ2) is 6.34. The van der Waals surface area contributed by atoms with Gasteiger partial charge in [-0.2, -0.15) is 0 Å². The molecule has 5 nitrogen and oxygen atoms in total. The Bertz CT molecular complexity index is 683. The van der Waals surface area contributed by atoms with E-state index in [1.165, 1.54) is 23.1 Å². The number of halogens is 1. The number of likely N-dealkylation sites (tertiary alicyclic amines) is 1. The molecule has 1 aliphatic heterocycles. The van der Waals surface area contributed by atoms with Gasteiger partial charge in [0, 0.05) is 18.0 Å². The van der Waals surface area contributed by atoms with Gasteiger partial charge >= 0.3 is 5.97 Å². The van der Waals surface area contributed by atoms with Crippen molar-refractivity contribution >= 4 is 17.8 Å². The minimum Gasteiger partial charge on any atom is -0.481 e. The summed E-state index contributed by atoms with van der Waals surface area (Å²) < 4.78 is 14.3. The Kier molecular flexibility index (Phi) is 4.39. The Morgan fingerprint density at radius 1 is 1.21 bits per heavy atom. The fourth-order valence-corrected chi connectivity index (χ4v) is 4.02. The van der Waals surface area contributed by atoms with Crippen LogP contribution in [0.1, 0.15) is 50.5 Å². The third-order valence-electron chi connectivity index (χ3n) is 5.13. The zero-order chi connectivity index (χ0) is 17.3. The van der Waals surface area contributed by atoms with Gasteiger partial charge in [0.1, 0.15) is 5.82 Å². The van der Waals surface area contributed by atoms with Gasteiger partial charge in [-0.15, -0.1) is 0 Å². The summed E-state index contributed by atoms with van der Waals surface area (Å²) in [5.74, 6) is -2.82. The van der Waals surface area contributed by atoms with Crippen molar-refractivity contribution in [3.63, 3.8) is 0 Å². The molecule has 0 radical (unpaired) electrons. The maximum atomic E-state index is 14.3. The van der Waals surface area contributed by atoms with Crippen molar-refractivity contribution in [1.29, 1.82) is 0 Å². The van der Waals surface area contributed by atoms with Crippen LogP contribution in [0.2, 0.25) is 0 Å². The molecule has 1 aromatic rings. The maximum absolute atomic E-state index is 14.3. The molecule has 1 aliphatic carbocycles. The SMILES string of the molecule is O=C(O)C[C@@]1(c2ccccc2F)CC(=O)N(C2CCCCC2)C1=O. The molecular formula is C18H20FNO4.